The zero-order valence-corrected chi connectivity index (χ0v) is 17.7. The zero-order chi connectivity index (χ0) is 21.2. The van der Waals surface area contributed by atoms with Gasteiger partial charge in [-0.05, 0) is 61.9 Å². The van der Waals surface area contributed by atoms with Crippen LogP contribution in [-0.2, 0) is 14.6 Å². The van der Waals surface area contributed by atoms with Crippen molar-refractivity contribution in [3.63, 3.8) is 0 Å². The first-order valence-corrected chi connectivity index (χ1v) is 11.4. The maximum absolute atomic E-state index is 12.6. The molecule has 1 saturated heterocycles. The maximum Gasteiger partial charge on any atom is 0.263 e. The van der Waals surface area contributed by atoms with Crippen molar-refractivity contribution in [1.82, 2.24) is 4.90 Å². The van der Waals surface area contributed by atoms with Crippen molar-refractivity contribution in [2.45, 2.75) is 25.5 Å². The Kier molecular flexibility index (Phi) is 6.29. The summed E-state index contributed by atoms with van der Waals surface area (Å²) in [4.78, 5) is 26.5. The number of rotatable bonds is 6. The first-order valence-electron chi connectivity index (χ1n) is 9.20. The number of halogens is 1. The number of hydrogen-bond acceptors (Lipinski definition) is 5. The number of carbonyl (C=O) groups is 2. The van der Waals surface area contributed by atoms with Crippen LogP contribution in [0.4, 0.5) is 0 Å². The van der Waals surface area contributed by atoms with E-state index in [2.05, 4.69) is 0 Å². The summed E-state index contributed by atoms with van der Waals surface area (Å²) in [6.07, 6.45) is -0.333. The number of ketones is 1. The predicted molar refractivity (Wildman–Crippen MR) is 111 cm³/mol. The van der Waals surface area contributed by atoms with Crippen molar-refractivity contribution in [3.8, 4) is 5.75 Å². The number of nitrogens with zero attached hydrogens (tertiary/aromatic N) is 1. The molecule has 0 bridgehead atoms. The lowest BCUT2D eigenvalue weighted by Gasteiger charge is -2.26. The van der Waals surface area contributed by atoms with Gasteiger partial charge in [0.25, 0.3) is 5.91 Å². The summed E-state index contributed by atoms with van der Waals surface area (Å²) in [6.45, 7) is 1.62. The van der Waals surface area contributed by atoms with Gasteiger partial charge in [0.15, 0.2) is 21.7 Å². The monoisotopic (exact) mass is 435 g/mol. The first-order chi connectivity index (χ1) is 13.7. The number of hydrogen-bond donors (Lipinski definition) is 0. The second-order valence-corrected chi connectivity index (χ2v) is 9.79. The van der Waals surface area contributed by atoms with Crippen molar-refractivity contribution in [2.75, 3.05) is 18.6 Å². The molecule has 1 aliphatic rings. The summed E-state index contributed by atoms with van der Waals surface area (Å²) in [5, 5.41) is 0.559. The average molecular weight is 436 g/mol. The second-order valence-electron chi connectivity index (χ2n) is 7.13. The molecular weight excluding hydrogens is 414 g/mol. The Labute approximate surface area is 175 Å². The van der Waals surface area contributed by atoms with Gasteiger partial charge < -0.3 is 9.64 Å². The molecule has 2 atom stereocenters. The van der Waals surface area contributed by atoms with E-state index in [0.29, 0.717) is 28.3 Å². The molecule has 29 heavy (non-hydrogen) atoms. The minimum absolute atomic E-state index is 0.0104. The molecule has 0 radical (unpaired) electrons. The standard InChI is InChI=1S/C21H22ClNO5S/c1-14(21(25)23(2)18-11-12-29(26,27)13-18)28-19-9-5-16(6-10-19)20(24)15-3-7-17(22)8-4-15/h3-10,14,18H,11-13H2,1-2H3. The van der Waals surface area contributed by atoms with E-state index in [4.69, 9.17) is 16.3 Å². The third kappa shape index (κ3) is 5.16. The molecule has 0 aromatic heterocycles. The molecule has 2 aromatic carbocycles. The van der Waals surface area contributed by atoms with E-state index >= 15 is 0 Å². The molecule has 1 aliphatic heterocycles. The lowest BCUT2D eigenvalue weighted by Crippen LogP contribution is -2.44. The Hall–Kier alpha value is -2.38. The zero-order valence-electron chi connectivity index (χ0n) is 16.2. The van der Waals surface area contributed by atoms with Gasteiger partial charge >= 0.3 is 0 Å². The predicted octanol–water partition coefficient (Wildman–Crippen LogP) is 2.98. The Morgan fingerprint density at radius 1 is 1.07 bits per heavy atom. The van der Waals surface area contributed by atoms with E-state index in [1.807, 2.05) is 0 Å². The minimum atomic E-state index is -3.07. The molecule has 6 nitrogen and oxygen atoms in total. The molecule has 0 aliphatic carbocycles. The molecule has 154 valence electrons. The summed E-state index contributed by atoms with van der Waals surface area (Å²) < 4.78 is 29.0. The highest BCUT2D eigenvalue weighted by Gasteiger charge is 2.34. The fourth-order valence-electron chi connectivity index (χ4n) is 3.25. The van der Waals surface area contributed by atoms with Gasteiger partial charge in [-0.25, -0.2) is 8.42 Å². The molecule has 1 heterocycles. The highest BCUT2D eigenvalue weighted by molar-refractivity contribution is 7.91. The summed E-state index contributed by atoms with van der Waals surface area (Å²) in [5.41, 5.74) is 1.02. The van der Waals surface area contributed by atoms with Crippen molar-refractivity contribution in [2.24, 2.45) is 0 Å². The topological polar surface area (TPSA) is 80.8 Å². The number of carbonyl (C=O) groups excluding carboxylic acids is 2. The summed E-state index contributed by atoms with van der Waals surface area (Å²) in [7, 11) is -1.47. The van der Waals surface area contributed by atoms with E-state index in [1.54, 1.807) is 62.5 Å². The molecule has 0 N–H and O–H groups in total. The van der Waals surface area contributed by atoms with Gasteiger partial charge in [0.1, 0.15) is 5.75 Å². The van der Waals surface area contributed by atoms with Crippen LogP contribution < -0.4 is 4.74 Å². The maximum atomic E-state index is 12.6. The number of likely N-dealkylation sites (N-methyl/N-ethyl adjacent to an activating group) is 1. The molecule has 3 rings (SSSR count). The smallest absolute Gasteiger partial charge is 0.263 e. The number of amides is 1. The number of ether oxygens (including phenoxy) is 1. The van der Waals surface area contributed by atoms with E-state index < -0.39 is 15.9 Å². The largest absolute Gasteiger partial charge is 0.481 e. The van der Waals surface area contributed by atoms with Crippen LogP contribution in [0.1, 0.15) is 29.3 Å². The molecule has 2 aromatic rings. The molecule has 8 heteroatoms. The average Bonchev–Trinajstić information content (AvgIpc) is 3.07. The summed E-state index contributed by atoms with van der Waals surface area (Å²) in [5.74, 6) is 0.121. The molecule has 2 unspecified atom stereocenters. The van der Waals surface area contributed by atoms with Gasteiger partial charge in [0.05, 0.1) is 11.5 Å². The molecule has 0 spiro atoms. The van der Waals surface area contributed by atoms with Crippen LogP contribution >= 0.6 is 11.6 Å². The van der Waals surface area contributed by atoms with Gasteiger partial charge in [-0.15, -0.1) is 0 Å². The SMILES string of the molecule is CC(Oc1ccc(C(=O)c2ccc(Cl)cc2)cc1)C(=O)N(C)C1CCS(=O)(=O)C1. The van der Waals surface area contributed by atoms with E-state index in [-0.39, 0.29) is 29.2 Å². The van der Waals surface area contributed by atoms with Crippen LogP contribution in [0.2, 0.25) is 5.02 Å². The Balaban J connectivity index is 1.62. The lowest BCUT2D eigenvalue weighted by atomic mass is 10.0. The van der Waals surface area contributed by atoms with E-state index in [0.717, 1.165) is 0 Å². The first kappa shape index (κ1) is 21.3. The quantitative estimate of drug-likeness (QED) is 0.651. The Morgan fingerprint density at radius 3 is 2.14 bits per heavy atom. The van der Waals surface area contributed by atoms with E-state index in [1.165, 1.54) is 4.90 Å². The summed E-state index contributed by atoms with van der Waals surface area (Å²) in [6, 6.07) is 12.9. The van der Waals surface area contributed by atoms with Gasteiger partial charge in [-0.3, -0.25) is 9.59 Å². The van der Waals surface area contributed by atoms with Gasteiger partial charge in [-0.2, -0.15) is 0 Å². The van der Waals surface area contributed by atoms with Gasteiger partial charge in [0.2, 0.25) is 0 Å². The van der Waals surface area contributed by atoms with Crippen LogP contribution in [0.3, 0.4) is 0 Å². The molecule has 1 amide bonds. The highest BCUT2D eigenvalue weighted by Crippen LogP contribution is 2.20. The third-order valence-electron chi connectivity index (χ3n) is 4.99. The number of benzene rings is 2. The van der Waals surface area contributed by atoms with Gasteiger partial charge in [-0.1, -0.05) is 11.6 Å². The van der Waals surface area contributed by atoms with Crippen molar-refractivity contribution in [3.05, 3.63) is 64.7 Å². The molecule has 1 fully saturated rings. The molecular formula is C21H22ClNO5S. The van der Waals surface area contributed by atoms with Crippen molar-refractivity contribution >= 4 is 33.1 Å². The molecule has 0 saturated carbocycles. The van der Waals surface area contributed by atoms with Crippen LogP contribution in [0.15, 0.2) is 48.5 Å². The fraction of sp³-hybridized carbons (Fsp3) is 0.333. The fourth-order valence-corrected chi connectivity index (χ4v) is 5.16. The second kappa shape index (κ2) is 8.55. The van der Waals surface area contributed by atoms with Crippen LogP contribution in [-0.4, -0.2) is 55.7 Å². The van der Waals surface area contributed by atoms with Crippen molar-refractivity contribution in [1.29, 1.82) is 0 Å². The number of sulfone groups is 1. The van der Waals surface area contributed by atoms with E-state index in [9.17, 15) is 18.0 Å². The summed E-state index contributed by atoms with van der Waals surface area (Å²) >= 11 is 5.85. The van der Waals surface area contributed by atoms with Crippen LogP contribution in [0.25, 0.3) is 0 Å². The van der Waals surface area contributed by atoms with Crippen LogP contribution in [0.5, 0.6) is 5.75 Å². The normalized spacial score (nSPS) is 18.8. The van der Waals surface area contributed by atoms with Crippen molar-refractivity contribution < 1.29 is 22.7 Å². The highest BCUT2D eigenvalue weighted by atomic mass is 35.5. The van der Waals surface area contributed by atoms with Gasteiger partial charge in [0, 0.05) is 29.2 Å². The Morgan fingerprint density at radius 2 is 1.62 bits per heavy atom. The Bertz CT molecular complexity index is 1000. The van der Waals surface area contributed by atoms with Crippen LogP contribution in [0, 0.1) is 0 Å². The lowest BCUT2D eigenvalue weighted by molar-refractivity contribution is -0.138. The third-order valence-corrected chi connectivity index (χ3v) is 6.99. The minimum Gasteiger partial charge on any atom is -0.481 e.